The highest BCUT2D eigenvalue weighted by Crippen LogP contribution is 2.21. The van der Waals surface area contributed by atoms with Gasteiger partial charge in [0.25, 0.3) is 0 Å². The Bertz CT molecular complexity index is 120. The summed E-state index contributed by atoms with van der Waals surface area (Å²) in [6.45, 7) is 10.5. The highest BCUT2D eigenvalue weighted by atomic mass is 28.2. The average Bonchev–Trinajstić information content (AvgIpc) is 2.22. The van der Waals surface area contributed by atoms with Crippen molar-refractivity contribution in [3.05, 3.63) is 0 Å². The lowest BCUT2D eigenvalue weighted by Crippen LogP contribution is -2.29. The number of rotatable bonds is 8. The van der Waals surface area contributed by atoms with Crippen LogP contribution in [-0.2, 0) is 9.16 Å². The summed E-state index contributed by atoms with van der Waals surface area (Å²) in [5.41, 5.74) is 0. The van der Waals surface area contributed by atoms with Crippen LogP contribution in [0, 0.1) is 11.8 Å². The molecule has 0 aliphatic rings. The van der Waals surface area contributed by atoms with Gasteiger partial charge in [-0.3, -0.25) is 0 Å². The zero-order chi connectivity index (χ0) is 11.0. The maximum atomic E-state index is 5.89. The first-order valence-corrected chi connectivity index (χ1v) is 6.59. The fraction of sp³-hybridized carbons (Fsp3) is 1.00. The molecular formula is C11H26O2Si. The summed E-state index contributed by atoms with van der Waals surface area (Å²) in [4.78, 5) is 0. The van der Waals surface area contributed by atoms with E-state index in [-0.39, 0.29) is 0 Å². The van der Waals surface area contributed by atoms with Crippen molar-refractivity contribution in [2.75, 3.05) is 13.2 Å². The monoisotopic (exact) mass is 218 g/mol. The molecule has 0 bridgehead atoms. The van der Waals surface area contributed by atoms with E-state index in [0.717, 1.165) is 23.7 Å². The second-order valence-corrected chi connectivity index (χ2v) is 4.68. The minimum atomic E-state index is 0.404. The smallest absolute Gasteiger partial charge is 0.146 e. The van der Waals surface area contributed by atoms with Crippen molar-refractivity contribution in [3.8, 4) is 0 Å². The molecule has 2 unspecified atom stereocenters. The molecule has 0 aromatic carbocycles. The van der Waals surface area contributed by atoms with E-state index < -0.39 is 0 Å². The summed E-state index contributed by atoms with van der Waals surface area (Å²) in [5.74, 6) is 1.30. The Labute approximate surface area is 91.9 Å². The Balaban J connectivity index is 3.97. The van der Waals surface area contributed by atoms with Crippen LogP contribution in [0.2, 0.25) is 0 Å². The summed E-state index contributed by atoms with van der Waals surface area (Å²) in [6.07, 6.45) is 2.79. The fourth-order valence-electron chi connectivity index (χ4n) is 1.62. The van der Waals surface area contributed by atoms with Crippen LogP contribution < -0.4 is 0 Å². The van der Waals surface area contributed by atoms with Crippen molar-refractivity contribution in [2.45, 2.75) is 46.6 Å². The SMILES string of the molecule is CCC(C)C(OCCO[SiH3])C(C)CC. The van der Waals surface area contributed by atoms with Crippen molar-refractivity contribution in [1.29, 1.82) is 0 Å². The number of hydrogen-bond acceptors (Lipinski definition) is 2. The van der Waals surface area contributed by atoms with Crippen LogP contribution in [0.5, 0.6) is 0 Å². The van der Waals surface area contributed by atoms with Crippen LogP contribution >= 0.6 is 0 Å². The third-order valence-electron chi connectivity index (χ3n) is 3.01. The Hall–Kier alpha value is 0.137. The normalized spacial score (nSPS) is 18.0. The van der Waals surface area contributed by atoms with Crippen molar-refractivity contribution in [2.24, 2.45) is 11.8 Å². The minimum Gasteiger partial charge on any atom is -0.426 e. The van der Waals surface area contributed by atoms with Gasteiger partial charge in [0.15, 0.2) is 0 Å². The predicted molar refractivity (Wildman–Crippen MR) is 64.5 cm³/mol. The number of ether oxygens (including phenoxy) is 1. The maximum Gasteiger partial charge on any atom is 0.146 e. The molecule has 0 aliphatic carbocycles. The van der Waals surface area contributed by atoms with Gasteiger partial charge < -0.3 is 9.16 Å². The minimum absolute atomic E-state index is 0.404. The second kappa shape index (κ2) is 8.45. The van der Waals surface area contributed by atoms with Gasteiger partial charge in [-0.2, -0.15) is 0 Å². The van der Waals surface area contributed by atoms with Gasteiger partial charge in [-0.15, -0.1) is 0 Å². The lowest BCUT2D eigenvalue weighted by Gasteiger charge is -2.28. The van der Waals surface area contributed by atoms with Gasteiger partial charge in [-0.25, -0.2) is 0 Å². The van der Waals surface area contributed by atoms with E-state index in [9.17, 15) is 0 Å². The molecule has 86 valence electrons. The summed E-state index contributed by atoms with van der Waals surface area (Å²) < 4.78 is 11.0. The molecule has 2 nitrogen and oxygen atoms in total. The van der Waals surface area contributed by atoms with E-state index in [1.807, 2.05) is 0 Å². The zero-order valence-corrected chi connectivity index (χ0v) is 12.4. The quantitative estimate of drug-likeness (QED) is 0.456. The van der Waals surface area contributed by atoms with Crippen molar-refractivity contribution >= 4 is 10.5 Å². The van der Waals surface area contributed by atoms with E-state index in [4.69, 9.17) is 9.16 Å². The Morgan fingerprint density at radius 1 is 1.00 bits per heavy atom. The molecule has 0 fully saturated rings. The molecular weight excluding hydrogens is 192 g/mol. The summed E-state index contributed by atoms with van der Waals surface area (Å²) in [6, 6.07) is 0. The van der Waals surface area contributed by atoms with Crippen molar-refractivity contribution in [1.82, 2.24) is 0 Å². The molecule has 3 heteroatoms. The molecule has 0 N–H and O–H groups in total. The first kappa shape index (κ1) is 14.1. The standard InChI is InChI=1S/C11H26O2Si/c1-5-9(3)11(10(4)6-2)12-7-8-13-14/h9-11H,5-8H2,1-4,14H3. The molecule has 0 aromatic rings. The lowest BCUT2D eigenvalue weighted by molar-refractivity contribution is -0.0294. The molecule has 0 aromatic heterocycles. The van der Waals surface area contributed by atoms with Gasteiger partial charge in [0, 0.05) is 0 Å². The van der Waals surface area contributed by atoms with Gasteiger partial charge in [0.1, 0.15) is 10.5 Å². The predicted octanol–water partition coefficient (Wildman–Crippen LogP) is 1.76. The van der Waals surface area contributed by atoms with E-state index in [2.05, 4.69) is 27.7 Å². The molecule has 0 saturated heterocycles. The lowest BCUT2D eigenvalue weighted by atomic mass is 9.90. The van der Waals surface area contributed by atoms with Gasteiger partial charge in [-0.1, -0.05) is 40.5 Å². The first-order valence-electron chi connectivity index (χ1n) is 5.77. The summed E-state index contributed by atoms with van der Waals surface area (Å²) >= 11 is 0. The molecule has 0 aliphatic heterocycles. The van der Waals surface area contributed by atoms with Gasteiger partial charge in [-0.05, 0) is 11.8 Å². The molecule has 2 atom stereocenters. The van der Waals surface area contributed by atoms with Gasteiger partial charge in [0.05, 0.1) is 19.3 Å². The Morgan fingerprint density at radius 2 is 1.50 bits per heavy atom. The van der Waals surface area contributed by atoms with Crippen molar-refractivity contribution < 1.29 is 9.16 Å². The number of hydrogen-bond donors (Lipinski definition) is 0. The largest absolute Gasteiger partial charge is 0.426 e. The molecule has 0 amide bonds. The maximum absolute atomic E-state index is 5.89. The third kappa shape index (κ3) is 5.13. The molecule has 0 heterocycles. The van der Waals surface area contributed by atoms with E-state index in [1.54, 1.807) is 0 Å². The summed E-state index contributed by atoms with van der Waals surface area (Å²) in [7, 11) is 0.813. The van der Waals surface area contributed by atoms with Crippen molar-refractivity contribution in [3.63, 3.8) is 0 Å². The fourth-order valence-corrected chi connectivity index (χ4v) is 1.79. The van der Waals surface area contributed by atoms with E-state index >= 15 is 0 Å². The third-order valence-corrected chi connectivity index (χ3v) is 3.42. The second-order valence-electron chi connectivity index (χ2n) is 4.10. The highest BCUT2D eigenvalue weighted by molar-refractivity contribution is 5.97. The van der Waals surface area contributed by atoms with Crippen LogP contribution in [0.4, 0.5) is 0 Å². The zero-order valence-electron chi connectivity index (χ0n) is 10.4. The van der Waals surface area contributed by atoms with Crippen LogP contribution in [0.1, 0.15) is 40.5 Å². The molecule has 0 saturated carbocycles. The molecule has 14 heavy (non-hydrogen) atoms. The first-order chi connectivity index (χ1) is 6.67. The van der Waals surface area contributed by atoms with Gasteiger partial charge >= 0.3 is 0 Å². The highest BCUT2D eigenvalue weighted by Gasteiger charge is 2.21. The Kier molecular flexibility index (Phi) is 8.53. The van der Waals surface area contributed by atoms with Crippen LogP contribution in [0.25, 0.3) is 0 Å². The molecule has 0 spiro atoms. The van der Waals surface area contributed by atoms with E-state index in [1.165, 1.54) is 12.8 Å². The van der Waals surface area contributed by atoms with Crippen LogP contribution in [0.15, 0.2) is 0 Å². The molecule has 0 rings (SSSR count). The topological polar surface area (TPSA) is 18.5 Å². The Morgan fingerprint density at radius 3 is 1.86 bits per heavy atom. The van der Waals surface area contributed by atoms with E-state index in [0.29, 0.717) is 17.9 Å². The van der Waals surface area contributed by atoms with Crippen LogP contribution in [-0.4, -0.2) is 29.8 Å². The summed E-state index contributed by atoms with van der Waals surface area (Å²) in [5, 5.41) is 0. The van der Waals surface area contributed by atoms with Crippen LogP contribution in [0.3, 0.4) is 0 Å². The average molecular weight is 218 g/mol. The van der Waals surface area contributed by atoms with Gasteiger partial charge in [0.2, 0.25) is 0 Å². The molecule has 0 radical (unpaired) electrons.